The van der Waals surface area contributed by atoms with Gasteiger partial charge in [-0.15, -0.1) is 0 Å². The first-order valence-corrected chi connectivity index (χ1v) is 19.5. The molecule has 58 heavy (non-hydrogen) atoms. The lowest BCUT2D eigenvalue weighted by atomic mass is 9.96. The van der Waals surface area contributed by atoms with Crippen LogP contribution in [0.5, 0.6) is 0 Å². The highest BCUT2D eigenvalue weighted by molar-refractivity contribution is 6.14. The lowest BCUT2D eigenvalue weighted by Gasteiger charge is -2.12. The third-order valence-corrected chi connectivity index (χ3v) is 11.4. The van der Waals surface area contributed by atoms with E-state index in [2.05, 4.69) is 138 Å². The third-order valence-electron chi connectivity index (χ3n) is 11.4. The minimum absolute atomic E-state index is 0.586. The fourth-order valence-electron chi connectivity index (χ4n) is 8.66. The van der Waals surface area contributed by atoms with E-state index in [0.29, 0.717) is 17.5 Å². The van der Waals surface area contributed by atoms with E-state index in [1.165, 1.54) is 32.3 Å². The Hall–Kier alpha value is -7.89. The van der Waals surface area contributed by atoms with Crippen LogP contribution < -0.4 is 0 Å². The number of benzene rings is 9. The lowest BCUT2D eigenvalue weighted by Crippen LogP contribution is -2.00. The minimum atomic E-state index is 0.586. The van der Waals surface area contributed by atoms with Gasteiger partial charge in [0.15, 0.2) is 17.5 Å². The van der Waals surface area contributed by atoms with Gasteiger partial charge in [0.05, 0.1) is 11.0 Å². The first kappa shape index (κ1) is 32.4. The van der Waals surface area contributed by atoms with Crippen molar-refractivity contribution in [3.8, 4) is 51.0 Å². The number of furan rings is 1. The second kappa shape index (κ2) is 12.8. The maximum atomic E-state index is 6.98. The van der Waals surface area contributed by atoms with Gasteiger partial charge < -0.3 is 8.98 Å². The number of hydrogen-bond donors (Lipinski definition) is 0. The first-order chi connectivity index (χ1) is 28.7. The van der Waals surface area contributed by atoms with Crippen LogP contribution in [-0.4, -0.2) is 19.5 Å². The van der Waals surface area contributed by atoms with E-state index in [1.54, 1.807) is 0 Å². The van der Waals surface area contributed by atoms with Crippen molar-refractivity contribution in [3.63, 3.8) is 0 Å². The van der Waals surface area contributed by atoms with Crippen LogP contribution in [-0.2, 0) is 0 Å². The summed E-state index contributed by atoms with van der Waals surface area (Å²) in [5, 5.41) is 9.40. The van der Waals surface area contributed by atoms with Crippen molar-refractivity contribution in [2.24, 2.45) is 0 Å². The van der Waals surface area contributed by atoms with Gasteiger partial charge in [0.25, 0.3) is 0 Å². The van der Waals surface area contributed by atoms with Crippen molar-refractivity contribution in [1.29, 1.82) is 0 Å². The molecule has 3 heterocycles. The number of hydrogen-bond acceptors (Lipinski definition) is 4. The molecule has 0 fully saturated rings. The first-order valence-electron chi connectivity index (χ1n) is 19.5. The molecular formula is C53H32N4O. The van der Waals surface area contributed by atoms with E-state index in [0.717, 1.165) is 66.5 Å². The molecule has 0 aliphatic heterocycles. The fraction of sp³-hybridized carbons (Fsp3) is 0. The number of nitrogens with zero attached hydrogens (tertiary/aromatic N) is 4. The maximum absolute atomic E-state index is 6.98. The highest BCUT2D eigenvalue weighted by atomic mass is 16.3. The van der Waals surface area contributed by atoms with Gasteiger partial charge in [0.1, 0.15) is 11.2 Å². The van der Waals surface area contributed by atoms with Crippen LogP contribution in [0.1, 0.15) is 0 Å². The summed E-state index contributed by atoms with van der Waals surface area (Å²) in [6.07, 6.45) is 0. The van der Waals surface area contributed by atoms with Gasteiger partial charge in [0, 0.05) is 49.5 Å². The topological polar surface area (TPSA) is 56.7 Å². The van der Waals surface area contributed by atoms with Gasteiger partial charge in [-0.25, -0.2) is 15.0 Å². The van der Waals surface area contributed by atoms with Crippen LogP contribution in [0.4, 0.5) is 0 Å². The highest BCUT2D eigenvalue weighted by Crippen LogP contribution is 2.42. The van der Waals surface area contributed by atoms with Gasteiger partial charge in [-0.05, 0) is 69.6 Å². The van der Waals surface area contributed by atoms with E-state index in [4.69, 9.17) is 19.4 Å². The third kappa shape index (κ3) is 5.14. The summed E-state index contributed by atoms with van der Waals surface area (Å²) in [6.45, 7) is 0. The summed E-state index contributed by atoms with van der Waals surface area (Å²) in [6, 6.07) is 68.1. The summed E-state index contributed by atoms with van der Waals surface area (Å²) < 4.78 is 9.36. The molecule has 0 amide bonds. The van der Waals surface area contributed by atoms with Crippen LogP contribution in [0.15, 0.2) is 199 Å². The zero-order valence-corrected chi connectivity index (χ0v) is 31.2. The standard InChI is InChI=1S/C53H32N4O/c1-3-14-34(15-4-1)51-54-52(35-16-5-2-6-17-35)56-53(55-51)38-26-28-44-46-32-39(57-47-21-11-9-19-42(47)43-20-10-12-22-48(43)57)31-45(50(46)58-49(44)30-38)37-25-27-41-36(29-37)24-23-33-13-7-8-18-40(33)41/h1-32H. The molecule has 0 spiro atoms. The molecule has 0 radical (unpaired) electrons. The van der Waals surface area contributed by atoms with Crippen molar-refractivity contribution in [1.82, 2.24) is 19.5 Å². The van der Waals surface area contributed by atoms with Gasteiger partial charge in [-0.1, -0.05) is 152 Å². The molecule has 0 N–H and O–H groups in total. The quantitative estimate of drug-likeness (QED) is 0.165. The van der Waals surface area contributed by atoms with Crippen LogP contribution in [0, 0.1) is 0 Å². The van der Waals surface area contributed by atoms with Crippen molar-refractivity contribution >= 4 is 65.3 Å². The summed E-state index contributed by atoms with van der Waals surface area (Å²) in [7, 11) is 0. The van der Waals surface area contributed by atoms with Crippen LogP contribution in [0.3, 0.4) is 0 Å². The monoisotopic (exact) mass is 740 g/mol. The lowest BCUT2D eigenvalue weighted by molar-refractivity contribution is 0.670. The largest absolute Gasteiger partial charge is 0.455 e. The highest BCUT2D eigenvalue weighted by Gasteiger charge is 2.20. The molecular weight excluding hydrogens is 709 g/mol. The van der Waals surface area contributed by atoms with Crippen LogP contribution >= 0.6 is 0 Å². The second-order valence-electron chi connectivity index (χ2n) is 14.8. The smallest absolute Gasteiger partial charge is 0.164 e. The van der Waals surface area contributed by atoms with E-state index >= 15 is 0 Å². The van der Waals surface area contributed by atoms with Gasteiger partial charge in [-0.3, -0.25) is 0 Å². The molecule has 9 aromatic carbocycles. The molecule has 12 aromatic rings. The Morgan fingerprint density at radius 2 is 0.879 bits per heavy atom. The van der Waals surface area contributed by atoms with Crippen LogP contribution in [0.2, 0.25) is 0 Å². The number of fused-ring (bicyclic) bond motifs is 9. The molecule has 5 nitrogen and oxygen atoms in total. The maximum Gasteiger partial charge on any atom is 0.164 e. The Labute approximate surface area is 333 Å². The van der Waals surface area contributed by atoms with E-state index < -0.39 is 0 Å². The Balaban J connectivity index is 1.10. The Morgan fingerprint density at radius 3 is 1.57 bits per heavy atom. The molecule has 0 bridgehead atoms. The van der Waals surface area contributed by atoms with Crippen molar-refractivity contribution < 1.29 is 4.42 Å². The summed E-state index contributed by atoms with van der Waals surface area (Å²) >= 11 is 0. The van der Waals surface area contributed by atoms with E-state index in [-0.39, 0.29) is 0 Å². The van der Waals surface area contributed by atoms with Gasteiger partial charge in [-0.2, -0.15) is 0 Å². The molecule has 3 aromatic heterocycles. The molecule has 0 unspecified atom stereocenters. The second-order valence-corrected chi connectivity index (χ2v) is 14.8. The predicted molar refractivity (Wildman–Crippen MR) is 238 cm³/mol. The summed E-state index contributed by atoms with van der Waals surface area (Å²) in [5.74, 6) is 1.83. The van der Waals surface area contributed by atoms with Crippen LogP contribution in [0.25, 0.3) is 116 Å². The molecule has 0 atom stereocenters. The average molecular weight is 741 g/mol. The molecule has 0 aliphatic carbocycles. The SMILES string of the molecule is c1ccc(-c2nc(-c3ccccc3)nc(-c3ccc4c(c3)oc3c(-c5ccc6c(ccc7ccccc76)c5)cc(-n5c6ccccc6c6ccccc65)cc34)n2)cc1. The molecule has 5 heteroatoms. The van der Waals surface area contributed by atoms with Gasteiger partial charge in [0.2, 0.25) is 0 Å². The molecule has 0 aliphatic rings. The zero-order chi connectivity index (χ0) is 38.2. The average Bonchev–Trinajstić information content (AvgIpc) is 3.84. The Bertz CT molecular complexity index is 3460. The van der Waals surface area contributed by atoms with Gasteiger partial charge >= 0.3 is 0 Å². The number of aromatic nitrogens is 4. The zero-order valence-electron chi connectivity index (χ0n) is 31.2. The van der Waals surface area contributed by atoms with Crippen molar-refractivity contribution in [3.05, 3.63) is 194 Å². The van der Waals surface area contributed by atoms with Crippen molar-refractivity contribution in [2.75, 3.05) is 0 Å². The van der Waals surface area contributed by atoms with Crippen molar-refractivity contribution in [2.45, 2.75) is 0 Å². The normalized spacial score (nSPS) is 11.8. The molecule has 12 rings (SSSR count). The minimum Gasteiger partial charge on any atom is -0.455 e. The number of para-hydroxylation sites is 2. The summed E-state index contributed by atoms with van der Waals surface area (Å²) in [4.78, 5) is 14.9. The fourth-order valence-corrected chi connectivity index (χ4v) is 8.66. The molecule has 270 valence electrons. The van der Waals surface area contributed by atoms with E-state index in [9.17, 15) is 0 Å². The molecule has 0 saturated carbocycles. The number of rotatable bonds is 5. The predicted octanol–water partition coefficient (Wildman–Crippen LogP) is 13.8. The Kier molecular flexibility index (Phi) is 7.16. The molecule has 0 saturated heterocycles. The Morgan fingerprint density at radius 1 is 0.345 bits per heavy atom. The van der Waals surface area contributed by atoms with E-state index in [1.807, 2.05) is 60.7 Å². The summed E-state index contributed by atoms with van der Waals surface area (Å²) in [5.41, 5.74) is 9.82.